The third-order valence-corrected chi connectivity index (χ3v) is 8.01. The Hall–Kier alpha value is -4.34. The number of rotatable bonds is 5. The number of nitriles is 1. The average Bonchev–Trinajstić information content (AvgIpc) is 3.38. The minimum Gasteiger partial charge on any atom is -0.339 e. The van der Waals surface area contributed by atoms with Crippen molar-refractivity contribution in [3.05, 3.63) is 70.1 Å². The molecule has 2 N–H and O–H groups in total. The Balaban J connectivity index is 1.23. The van der Waals surface area contributed by atoms with Gasteiger partial charge in [0.1, 0.15) is 17.4 Å². The second-order valence-electron chi connectivity index (χ2n) is 10.2. The number of nitrogens with zero attached hydrogens (tertiary/aromatic N) is 5. The minimum atomic E-state index is -1.05. The van der Waals surface area contributed by atoms with Crippen molar-refractivity contribution in [1.82, 2.24) is 24.7 Å². The molecule has 2 aliphatic rings. The maximum absolute atomic E-state index is 14.7. The summed E-state index contributed by atoms with van der Waals surface area (Å²) in [4.78, 5) is 46.5. The molecule has 0 spiro atoms. The first-order valence-corrected chi connectivity index (χ1v) is 13.9. The third-order valence-electron chi connectivity index (χ3n) is 7.69. The van der Waals surface area contributed by atoms with Gasteiger partial charge in [0.15, 0.2) is 11.6 Å². The predicted octanol–water partition coefficient (Wildman–Crippen LogP) is 3.43. The number of halogens is 3. The number of piperazine rings is 1. The zero-order valence-corrected chi connectivity index (χ0v) is 23.5. The number of nitrogens with one attached hydrogen (secondary N) is 2. The summed E-state index contributed by atoms with van der Waals surface area (Å²) in [7, 11) is 1.49. The predicted molar refractivity (Wildman–Crippen MR) is 151 cm³/mol. The molecule has 2 aromatic carbocycles. The number of amides is 3. The van der Waals surface area contributed by atoms with E-state index in [1.165, 1.54) is 48.1 Å². The van der Waals surface area contributed by atoms with Crippen LogP contribution in [-0.2, 0) is 11.8 Å². The highest BCUT2D eigenvalue weighted by Gasteiger charge is 2.30. The first-order valence-electron chi connectivity index (χ1n) is 13.5. The van der Waals surface area contributed by atoms with Gasteiger partial charge < -0.3 is 25.0 Å². The van der Waals surface area contributed by atoms with Gasteiger partial charge >= 0.3 is 0 Å². The van der Waals surface area contributed by atoms with E-state index in [9.17, 15) is 23.2 Å². The zero-order valence-electron chi connectivity index (χ0n) is 22.8. The van der Waals surface area contributed by atoms with Crippen LogP contribution in [0.15, 0.2) is 36.5 Å². The summed E-state index contributed by atoms with van der Waals surface area (Å²) in [6, 6.07) is 8.16. The summed E-state index contributed by atoms with van der Waals surface area (Å²) in [6.07, 6.45) is 2.91. The number of aromatic nitrogens is 2. The van der Waals surface area contributed by atoms with Gasteiger partial charge in [-0.2, -0.15) is 5.26 Å². The molecule has 3 heterocycles. The monoisotopic (exact) mass is 595 g/mol. The van der Waals surface area contributed by atoms with Gasteiger partial charge in [-0.05, 0) is 56.3 Å². The highest BCUT2D eigenvalue weighted by atomic mass is 35.5. The van der Waals surface area contributed by atoms with Crippen LogP contribution in [0.3, 0.4) is 0 Å². The van der Waals surface area contributed by atoms with Crippen LogP contribution in [0, 0.1) is 28.9 Å². The lowest BCUT2D eigenvalue weighted by Gasteiger charge is -2.37. The Morgan fingerprint density at radius 2 is 1.76 bits per heavy atom. The molecule has 0 radical (unpaired) electrons. The summed E-state index contributed by atoms with van der Waals surface area (Å²) in [5, 5.41) is 15.1. The van der Waals surface area contributed by atoms with Crippen LogP contribution in [0.25, 0.3) is 11.3 Å². The number of carbonyl (C=O) groups excluding carboxylic acids is 3. The number of imidazole rings is 1. The van der Waals surface area contributed by atoms with Crippen LogP contribution < -0.4 is 10.6 Å². The summed E-state index contributed by atoms with van der Waals surface area (Å²) in [6.45, 7) is 3.41. The number of benzene rings is 2. The van der Waals surface area contributed by atoms with Gasteiger partial charge in [0.2, 0.25) is 5.91 Å². The maximum Gasteiger partial charge on any atom is 0.291 e. The second kappa shape index (κ2) is 12.3. The number of piperidine rings is 1. The average molecular weight is 596 g/mol. The fourth-order valence-corrected chi connectivity index (χ4v) is 5.57. The van der Waals surface area contributed by atoms with Crippen LogP contribution in [0.4, 0.5) is 14.5 Å². The number of hydrogen-bond acceptors (Lipinski definition) is 6. The standard InChI is InChI=1S/C29H28ClF2N7O3/c1-37-24(20-4-5-23(31)21(15-33)25(20)32)16-35-26(37)27(40)36-18-2-3-19(22(30)14-18)29(42)39-12-10-38(11-13-39)28(41)17-6-8-34-9-7-17/h2-5,14,16-17,34H,6-13H2,1H3,(H,36,40). The highest BCUT2D eigenvalue weighted by Crippen LogP contribution is 2.28. The number of hydrogen-bond donors (Lipinski definition) is 2. The Morgan fingerprint density at radius 3 is 2.43 bits per heavy atom. The number of carbonyl (C=O) groups is 3. The summed E-state index contributed by atoms with van der Waals surface area (Å²) in [5.41, 5.74) is -0.0537. The summed E-state index contributed by atoms with van der Waals surface area (Å²) in [5.74, 6) is -2.81. The van der Waals surface area contributed by atoms with Crippen molar-refractivity contribution < 1.29 is 23.2 Å². The lowest BCUT2D eigenvalue weighted by Crippen LogP contribution is -2.52. The summed E-state index contributed by atoms with van der Waals surface area (Å²) < 4.78 is 29.8. The molecule has 0 aliphatic carbocycles. The Bertz CT molecular complexity index is 1590. The Morgan fingerprint density at radius 1 is 1.07 bits per heavy atom. The van der Waals surface area contributed by atoms with Gasteiger partial charge in [-0.15, -0.1) is 0 Å². The van der Waals surface area contributed by atoms with Crippen molar-refractivity contribution in [1.29, 1.82) is 5.26 Å². The molecule has 0 unspecified atom stereocenters. The van der Waals surface area contributed by atoms with E-state index >= 15 is 0 Å². The normalized spacial score (nSPS) is 15.8. The molecule has 0 saturated carbocycles. The lowest BCUT2D eigenvalue weighted by atomic mass is 9.96. The Kier molecular flexibility index (Phi) is 8.51. The Labute approximate surface area is 245 Å². The van der Waals surface area contributed by atoms with Crippen LogP contribution in [-0.4, -0.2) is 76.3 Å². The van der Waals surface area contributed by atoms with E-state index in [0.29, 0.717) is 31.9 Å². The number of anilines is 1. The van der Waals surface area contributed by atoms with Gasteiger partial charge in [0.05, 0.1) is 22.5 Å². The van der Waals surface area contributed by atoms with E-state index < -0.39 is 23.1 Å². The van der Waals surface area contributed by atoms with Crippen molar-refractivity contribution in [2.24, 2.45) is 13.0 Å². The molecule has 2 aliphatic heterocycles. The molecular formula is C29H28ClF2N7O3. The van der Waals surface area contributed by atoms with Gasteiger partial charge in [0.25, 0.3) is 11.8 Å². The summed E-state index contributed by atoms with van der Waals surface area (Å²) >= 11 is 6.44. The molecule has 1 aromatic heterocycles. The van der Waals surface area contributed by atoms with E-state index in [2.05, 4.69) is 15.6 Å². The highest BCUT2D eigenvalue weighted by molar-refractivity contribution is 6.34. The van der Waals surface area contributed by atoms with Gasteiger partial charge in [0, 0.05) is 50.4 Å². The topological polar surface area (TPSA) is 123 Å². The fraction of sp³-hybridized carbons (Fsp3) is 0.345. The van der Waals surface area contributed by atoms with Gasteiger partial charge in [-0.1, -0.05) is 11.6 Å². The van der Waals surface area contributed by atoms with Gasteiger partial charge in [-0.25, -0.2) is 13.8 Å². The van der Waals surface area contributed by atoms with Crippen molar-refractivity contribution in [3.63, 3.8) is 0 Å². The largest absolute Gasteiger partial charge is 0.339 e. The smallest absolute Gasteiger partial charge is 0.291 e. The van der Waals surface area contributed by atoms with Gasteiger partial charge in [-0.3, -0.25) is 14.4 Å². The van der Waals surface area contributed by atoms with Crippen LogP contribution in [0.2, 0.25) is 5.02 Å². The zero-order chi connectivity index (χ0) is 30.0. The molecule has 0 atom stereocenters. The van der Waals surface area contributed by atoms with E-state index in [4.69, 9.17) is 16.9 Å². The SMILES string of the molecule is Cn1c(-c2ccc(F)c(C#N)c2F)cnc1C(=O)Nc1ccc(C(=O)N2CCN(C(=O)C3CCNCC3)CC2)c(Cl)c1. The molecule has 3 amide bonds. The van der Waals surface area contributed by atoms with E-state index in [-0.39, 0.29) is 45.4 Å². The third kappa shape index (κ3) is 5.70. The van der Waals surface area contributed by atoms with E-state index in [1.807, 2.05) is 4.90 Å². The molecule has 13 heteroatoms. The maximum atomic E-state index is 14.7. The van der Waals surface area contributed by atoms with E-state index in [1.54, 1.807) is 4.90 Å². The van der Waals surface area contributed by atoms with Crippen molar-refractivity contribution in [3.8, 4) is 17.3 Å². The molecule has 5 rings (SSSR count). The van der Waals surface area contributed by atoms with Crippen molar-refractivity contribution in [2.45, 2.75) is 12.8 Å². The molecule has 10 nitrogen and oxygen atoms in total. The second-order valence-corrected chi connectivity index (χ2v) is 10.6. The fourth-order valence-electron chi connectivity index (χ4n) is 5.30. The lowest BCUT2D eigenvalue weighted by molar-refractivity contribution is -0.137. The molecule has 2 fully saturated rings. The van der Waals surface area contributed by atoms with Crippen LogP contribution in [0.1, 0.15) is 39.4 Å². The quantitative estimate of drug-likeness (QED) is 0.466. The van der Waals surface area contributed by atoms with Crippen LogP contribution in [0.5, 0.6) is 0 Å². The molecule has 2 saturated heterocycles. The molecule has 42 heavy (non-hydrogen) atoms. The van der Waals surface area contributed by atoms with E-state index in [0.717, 1.165) is 32.0 Å². The van der Waals surface area contributed by atoms with Crippen molar-refractivity contribution in [2.75, 3.05) is 44.6 Å². The van der Waals surface area contributed by atoms with Crippen LogP contribution >= 0.6 is 11.6 Å². The minimum absolute atomic E-state index is 0.0311. The molecule has 3 aromatic rings. The molecule has 0 bridgehead atoms. The molecular weight excluding hydrogens is 568 g/mol. The first-order chi connectivity index (χ1) is 20.2. The van der Waals surface area contributed by atoms with Crippen molar-refractivity contribution >= 4 is 35.0 Å². The molecule has 218 valence electrons. The first kappa shape index (κ1) is 29.2.